The Morgan fingerprint density at radius 1 is 0.568 bits per heavy atom. The van der Waals surface area contributed by atoms with E-state index in [9.17, 15) is 0 Å². The maximum Gasteiger partial charge on any atom is 0.0358 e. The van der Waals surface area contributed by atoms with Gasteiger partial charge in [0.1, 0.15) is 0 Å². The maximum atomic E-state index is 2.58. The molecule has 44 heavy (non-hydrogen) atoms. The predicted molar refractivity (Wildman–Crippen MR) is 188 cm³/mol. The summed E-state index contributed by atoms with van der Waals surface area (Å²) in [5.41, 5.74) is 17.5. The van der Waals surface area contributed by atoms with Crippen molar-refractivity contribution in [3.63, 3.8) is 0 Å². The summed E-state index contributed by atoms with van der Waals surface area (Å²) in [5.74, 6) is 0.293. The fourth-order valence-corrected chi connectivity index (χ4v) is 10.1. The Hall–Kier alpha value is -4.20. The van der Waals surface area contributed by atoms with Gasteiger partial charge in [-0.15, -0.1) is 11.3 Å². The summed E-state index contributed by atoms with van der Waals surface area (Å²) in [4.78, 5) is 1.45. The van der Waals surface area contributed by atoms with Crippen molar-refractivity contribution in [1.82, 2.24) is 0 Å². The Balaban J connectivity index is 1.19. The van der Waals surface area contributed by atoms with Crippen LogP contribution in [0.25, 0.3) is 38.4 Å². The normalized spacial score (nSPS) is 16.7. The van der Waals surface area contributed by atoms with Crippen molar-refractivity contribution in [2.75, 3.05) is 0 Å². The Kier molecular flexibility index (Phi) is 5.46. The molecule has 0 radical (unpaired) electrons. The third kappa shape index (κ3) is 3.51. The first-order chi connectivity index (χ1) is 21.3. The van der Waals surface area contributed by atoms with Gasteiger partial charge in [0.15, 0.2) is 0 Å². The average molecular weight is 585 g/mol. The number of fused-ring (bicyclic) bond motifs is 10. The molecule has 0 aliphatic heterocycles. The van der Waals surface area contributed by atoms with Crippen LogP contribution in [-0.4, -0.2) is 0 Å². The Morgan fingerprint density at radius 3 is 1.84 bits per heavy atom. The van der Waals surface area contributed by atoms with E-state index < -0.39 is 0 Å². The molecule has 3 aliphatic rings. The Bertz CT molecular complexity index is 2110. The minimum atomic E-state index is -0.0558. The molecule has 3 aliphatic carbocycles. The van der Waals surface area contributed by atoms with E-state index in [0.717, 1.165) is 12.8 Å². The first-order valence-electron chi connectivity index (χ1n) is 16.0. The highest BCUT2D eigenvalue weighted by Crippen LogP contribution is 2.60. The molecule has 6 aromatic rings. The van der Waals surface area contributed by atoms with Gasteiger partial charge < -0.3 is 0 Å². The largest absolute Gasteiger partial charge is 0.136 e. The molecular formula is C43H36S. The Morgan fingerprint density at radius 2 is 1.16 bits per heavy atom. The molecule has 0 amide bonds. The predicted octanol–water partition coefficient (Wildman–Crippen LogP) is 11.7. The summed E-state index contributed by atoms with van der Waals surface area (Å²) in [7, 11) is 0. The molecule has 0 spiro atoms. The lowest BCUT2D eigenvalue weighted by atomic mass is 9.72. The monoisotopic (exact) mass is 584 g/mol. The summed E-state index contributed by atoms with van der Waals surface area (Å²) in [6, 6.07) is 41.1. The molecule has 0 bridgehead atoms. The molecule has 0 unspecified atom stereocenters. The highest BCUT2D eigenvalue weighted by molar-refractivity contribution is 7.20. The second-order valence-corrected chi connectivity index (χ2v) is 15.1. The van der Waals surface area contributed by atoms with Gasteiger partial charge in [-0.3, -0.25) is 0 Å². The van der Waals surface area contributed by atoms with Crippen LogP contribution in [0.1, 0.15) is 83.9 Å². The molecule has 0 saturated heterocycles. The number of thiophene rings is 1. The molecular weight excluding hydrogens is 549 g/mol. The summed E-state index contributed by atoms with van der Waals surface area (Å²) in [6.45, 7) is 9.77. The van der Waals surface area contributed by atoms with Gasteiger partial charge >= 0.3 is 0 Å². The van der Waals surface area contributed by atoms with Gasteiger partial charge in [0, 0.05) is 26.3 Å². The lowest BCUT2D eigenvalue weighted by molar-refractivity contribution is 0.601. The second kappa shape index (κ2) is 9.16. The van der Waals surface area contributed by atoms with Crippen LogP contribution >= 0.6 is 11.3 Å². The number of hydrogen-bond donors (Lipinski definition) is 0. The lowest BCUT2D eigenvalue weighted by Gasteiger charge is -2.30. The fourth-order valence-electron chi connectivity index (χ4n) is 8.86. The maximum absolute atomic E-state index is 2.58. The summed E-state index contributed by atoms with van der Waals surface area (Å²) in [5, 5.41) is 1.47. The zero-order valence-electron chi connectivity index (χ0n) is 25.9. The van der Waals surface area contributed by atoms with Crippen LogP contribution in [0.2, 0.25) is 0 Å². The molecule has 1 aromatic heterocycles. The zero-order chi connectivity index (χ0) is 29.8. The van der Waals surface area contributed by atoms with Crippen molar-refractivity contribution < 1.29 is 0 Å². The number of benzene rings is 5. The molecule has 0 fully saturated rings. The summed E-state index contributed by atoms with van der Waals surface area (Å²) >= 11 is 1.99. The Labute approximate surface area is 264 Å². The van der Waals surface area contributed by atoms with Crippen molar-refractivity contribution in [2.24, 2.45) is 0 Å². The van der Waals surface area contributed by atoms with Crippen molar-refractivity contribution in [3.05, 3.63) is 159 Å². The van der Waals surface area contributed by atoms with Crippen LogP contribution in [0.15, 0.2) is 115 Å². The van der Waals surface area contributed by atoms with E-state index >= 15 is 0 Å². The van der Waals surface area contributed by atoms with Gasteiger partial charge in [0.2, 0.25) is 0 Å². The van der Waals surface area contributed by atoms with E-state index in [2.05, 4.69) is 143 Å². The second-order valence-electron chi connectivity index (χ2n) is 14.0. The molecule has 5 aromatic carbocycles. The third-order valence-electron chi connectivity index (χ3n) is 10.9. The van der Waals surface area contributed by atoms with Gasteiger partial charge in [-0.2, -0.15) is 0 Å². The molecule has 1 heterocycles. The third-order valence-corrected chi connectivity index (χ3v) is 12.0. The molecule has 0 N–H and O–H groups in total. The van der Waals surface area contributed by atoms with Gasteiger partial charge in [0.25, 0.3) is 0 Å². The first kappa shape index (κ1) is 26.2. The highest BCUT2D eigenvalue weighted by atomic mass is 32.1. The number of allylic oxidation sites excluding steroid dienone is 1. The minimum Gasteiger partial charge on any atom is -0.136 e. The van der Waals surface area contributed by atoms with E-state index in [1.54, 1.807) is 5.56 Å². The smallest absolute Gasteiger partial charge is 0.0358 e. The van der Waals surface area contributed by atoms with Gasteiger partial charge in [-0.25, -0.2) is 0 Å². The van der Waals surface area contributed by atoms with E-state index in [1.165, 1.54) is 76.2 Å². The highest BCUT2D eigenvalue weighted by Gasteiger charge is 2.45. The molecule has 9 rings (SSSR count). The van der Waals surface area contributed by atoms with E-state index in [1.807, 2.05) is 11.3 Å². The molecule has 0 nitrogen and oxygen atoms in total. The van der Waals surface area contributed by atoms with E-state index in [4.69, 9.17) is 0 Å². The SMILES string of the molecule is CC1(C)c2ccccc2-c2ccc3c(c21)C(C)(C)c1cc2c4c(sc2cc1-3)C=C(C(c1ccccc1)c1ccccc1)CC4. The van der Waals surface area contributed by atoms with Crippen LogP contribution in [-0.2, 0) is 17.3 Å². The van der Waals surface area contributed by atoms with Crippen LogP contribution in [0.3, 0.4) is 0 Å². The van der Waals surface area contributed by atoms with Crippen LogP contribution in [0, 0.1) is 0 Å². The summed E-state index contributed by atoms with van der Waals surface area (Å²) < 4.78 is 1.42. The van der Waals surface area contributed by atoms with Crippen LogP contribution in [0.4, 0.5) is 0 Å². The van der Waals surface area contributed by atoms with E-state index in [0.29, 0.717) is 5.92 Å². The lowest BCUT2D eigenvalue weighted by Crippen LogP contribution is -2.24. The molecule has 214 valence electrons. The molecule has 1 heteroatoms. The number of aryl methyl sites for hydroxylation is 1. The fraction of sp³-hybridized carbons (Fsp3) is 0.209. The van der Waals surface area contributed by atoms with Crippen molar-refractivity contribution in [3.8, 4) is 22.3 Å². The van der Waals surface area contributed by atoms with Crippen molar-refractivity contribution in [1.29, 1.82) is 0 Å². The average Bonchev–Trinajstić information content (AvgIpc) is 3.60. The first-order valence-corrected chi connectivity index (χ1v) is 16.8. The zero-order valence-corrected chi connectivity index (χ0v) is 26.7. The van der Waals surface area contributed by atoms with Crippen LogP contribution < -0.4 is 0 Å². The van der Waals surface area contributed by atoms with Gasteiger partial charge in [-0.05, 0) is 97.6 Å². The number of rotatable bonds is 3. The summed E-state index contributed by atoms with van der Waals surface area (Å²) in [6.07, 6.45) is 4.72. The molecule has 0 atom stereocenters. The van der Waals surface area contributed by atoms with E-state index in [-0.39, 0.29) is 10.8 Å². The van der Waals surface area contributed by atoms with Gasteiger partial charge in [0.05, 0.1) is 0 Å². The van der Waals surface area contributed by atoms with Gasteiger partial charge in [-0.1, -0.05) is 130 Å². The number of hydrogen-bond acceptors (Lipinski definition) is 1. The quantitative estimate of drug-likeness (QED) is 0.194. The molecule has 0 saturated carbocycles. The standard InChI is InChI=1S/C43H36S/c1-42(2)35-18-12-11-17-29(35)31-21-22-32-33-25-38-34(24-36(33)43(3,4)41(32)40(31)42)30-20-19-28(23-37(30)44-38)39(26-13-7-5-8-14-26)27-15-9-6-10-16-27/h5-18,21-25,39H,19-20H2,1-4H3. The van der Waals surface area contributed by atoms with Crippen molar-refractivity contribution in [2.45, 2.75) is 57.3 Å². The van der Waals surface area contributed by atoms with Crippen molar-refractivity contribution >= 4 is 27.5 Å². The topological polar surface area (TPSA) is 0 Å². The minimum absolute atomic E-state index is 0.0115. The van der Waals surface area contributed by atoms with Crippen LogP contribution in [0.5, 0.6) is 0 Å².